The molecule has 16 heavy (non-hydrogen) atoms. The molecule has 1 aliphatic rings. The van der Waals surface area contributed by atoms with Gasteiger partial charge in [-0.05, 0) is 32.1 Å². The molecule has 5 nitrogen and oxygen atoms in total. The Balaban J connectivity index is 2.27. The minimum absolute atomic E-state index is 0.0562. The molecule has 0 aromatic carbocycles. The van der Waals surface area contributed by atoms with Crippen molar-refractivity contribution in [1.29, 1.82) is 0 Å². The van der Waals surface area contributed by atoms with Gasteiger partial charge in [-0.3, -0.25) is 4.79 Å². The van der Waals surface area contributed by atoms with Crippen LogP contribution in [0.5, 0.6) is 0 Å². The van der Waals surface area contributed by atoms with Crippen molar-refractivity contribution in [3.63, 3.8) is 0 Å². The van der Waals surface area contributed by atoms with Crippen molar-refractivity contribution in [2.75, 3.05) is 13.2 Å². The first-order valence-corrected chi connectivity index (χ1v) is 5.60. The smallest absolute Gasteiger partial charge is 0.329 e. The number of carbonyl (C=O) groups is 2. The highest BCUT2D eigenvalue weighted by Crippen LogP contribution is 2.28. The van der Waals surface area contributed by atoms with Gasteiger partial charge in [-0.2, -0.15) is 0 Å². The standard InChI is InChI=1S/C11H19NO4/c1-3-11(2,10(14)15)12-9(13)7-16-6-8-4-5-8/h8H,3-7H2,1-2H3,(H,12,13)(H,14,15). The summed E-state index contributed by atoms with van der Waals surface area (Å²) in [7, 11) is 0. The van der Waals surface area contributed by atoms with E-state index >= 15 is 0 Å². The molecule has 92 valence electrons. The molecule has 1 aliphatic carbocycles. The molecule has 1 atom stereocenters. The van der Waals surface area contributed by atoms with E-state index < -0.39 is 11.5 Å². The molecular formula is C11H19NO4. The summed E-state index contributed by atoms with van der Waals surface area (Å²) in [5.74, 6) is -0.789. The number of carbonyl (C=O) groups excluding carboxylic acids is 1. The molecule has 1 unspecified atom stereocenters. The largest absolute Gasteiger partial charge is 0.480 e. The third-order valence-electron chi connectivity index (χ3n) is 2.88. The lowest BCUT2D eigenvalue weighted by atomic mass is 9.99. The van der Waals surface area contributed by atoms with Crippen LogP contribution >= 0.6 is 0 Å². The number of aliphatic carboxylic acids is 1. The summed E-state index contributed by atoms with van der Waals surface area (Å²) in [5.41, 5.74) is -1.19. The second-order valence-corrected chi connectivity index (χ2v) is 4.50. The maximum Gasteiger partial charge on any atom is 0.329 e. The first-order valence-electron chi connectivity index (χ1n) is 5.60. The van der Waals surface area contributed by atoms with Crippen LogP contribution in [0.1, 0.15) is 33.1 Å². The minimum Gasteiger partial charge on any atom is -0.480 e. The van der Waals surface area contributed by atoms with Gasteiger partial charge in [0.05, 0.1) is 6.61 Å². The van der Waals surface area contributed by atoms with Crippen LogP contribution in [0.3, 0.4) is 0 Å². The highest BCUT2D eigenvalue weighted by atomic mass is 16.5. The number of amides is 1. The SMILES string of the molecule is CCC(C)(NC(=O)COCC1CC1)C(=O)O. The predicted octanol–water partition coefficient (Wildman–Crippen LogP) is 0.782. The van der Waals surface area contributed by atoms with Gasteiger partial charge in [-0.15, -0.1) is 0 Å². The third kappa shape index (κ3) is 3.81. The molecule has 5 heteroatoms. The normalized spacial score (nSPS) is 18.9. The molecule has 0 radical (unpaired) electrons. The predicted molar refractivity (Wildman–Crippen MR) is 58.0 cm³/mol. The summed E-state index contributed by atoms with van der Waals surface area (Å²) in [6.07, 6.45) is 2.68. The quantitative estimate of drug-likeness (QED) is 0.676. The molecule has 0 heterocycles. The fourth-order valence-electron chi connectivity index (χ4n) is 1.24. The number of ether oxygens (including phenoxy) is 1. The van der Waals surface area contributed by atoms with Gasteiger partial charge in [0.1, 0.15) is 12.1 Å². The van der Waals surface area contributed by atoms with Gasteiger partial charge in [0.2, 0.25) is 5.91 Å². The molecule has 1 saturated carbocycles. The summed E-state index contributed by atoms with van der Waals surface area (Å²) in [6, 6.07) is 0. The van der Waals surface area contributed by atoms with Crippen LogP contribution in [-0.2, 0) is 14.3 Å². The molecule has 0 aliphatic heterocycles. The third-order valence-corrected chi connectivity index (χ3v) is 2.88. The number of hydrogen-bond acceptors (Lipinski definition) is 3. The van der Waals surface area contributed by atoms with Gasteiger partial charge in [-0.1, -0.05) is 6.92 Å². The van der Waals surface area contributed by atoms with Crippen molar-refractivity contribution in [2.24, 2.45) is 5.92 Å². The highest BCUT2D eigenvalue weighted by Gasteiger charge is 2.32. The van der Waals surface area contributed by atoms with Crippen LogP contribution in [0.2, 0.25) is 0 Å². The van der Waals surface area contributed by atoms with Crippen molar-refractivity contribution in [3.8, 4) is 0 Å². The van der Waals surface area contributed by atoms with Gasteiger partial charge < -0.3 is 15.2 Å². The molecule has 0 saturated heterocycles. The van der Waals surface area contributed by atoms with Crippen molar-refractivity contribution >= 4 is 11.9 Å². The Morgan fingerprint density at radius 3 is 2.56 bits per heavy atom. The molecule has 2 N–H and O–H groups in total. The Kier molecular flexibility index (Phi) is 4.29. The molecule has 0 aromatic heterocycles. The number of hydrogen-bond donors (Lipinski definition) is 2. The van der Waals surface area contributed by atoms with E-state index in [-0.39, 0.29) is 12.5 Å². The molecular weight excluding hydrogens is 210 g/mol. The van der Waals surface area contributed by atoms with Gasteiger partial charge >= 0.3 is 5.97 Å². The van der Waals surface area contributed by atoms with Gasteiger partial charge in [0.25, 0.3) is 0 Å². The monoisotopic (exact) mass is 229 g/mol. The van der Waals surface area contributed by atoms with E-state index in [1.807, 2.05) is 0 Å². The topological polar surface area (TPSA) is 75.6 Å². The number of carboxylic acid groups (broad SMARTS) is 1. The summed E-state index contributed by atoms with van der Waals surface area (Å²) < 4.78 is 5.18. The lowest BCUT2D eigenvalue weighted by molar-refractivity contribution is -0.147. The Morgan fingerprint density at radius 2 is 2.12 bits per heavy atom. The number of nitrogens with one attached hydrogen (secondary N) is 1. The lowest BCUT2D eigenvalue weighted by Crippen LogP contribution is -2.52. The highest BCUT2D eigenvalue weighted by molar-refractivity contribution is 5.87. The molecule has 1 fully saturated rings. The lowest BCUT2D eigenvalue weighted by Gasteiger charge is -2.24. The fourth-order valence-corrected chi connectivity index (χ4v) is 1.24. The Hall–Kier alpha value is -1.10. The van der Waals surface area contributed by atoms with E-state index in [0.29, 0.717) is 18.9 Å². The van der Waals surface area contributed by atoms with Crippen LogP contribution in [0, 0.1) is 5.92 Å². The van der Waals surface area contributed by atoms with Crippen molar-refractivity contribution in [3.05, 3.63) is 0 Å². The maximum atomic E-state index is 11.4. The number of carboxylic acids is 1. The molecule has 0 bridgehead atoms. The van der Waals surface area contributed by atoms with Gasteiger partial charge in [-0.25, -0.2) is 4.79 Å². The van der Waals surface area contributed by atoms with Crippen LogP contribution in [-0.4, -0.2) is 35.7 Å². The zero-order chi connectivity index (χ0) is 12.2. The number of rotatable bonds is 7. The fraction of sp³-hybridized carbons (Fsp3) is 0.818. The van der Waals surface area contributed by atoms with Gasteiger partial charge in [0.15, 0.2) is 0 Å². The van der Waals surface area contributed by atoms with E-state index in [1.165, 1.54) is 19.8 Å². The summed E-state index contributed by atoms with van der Waals surface area (Å²) in [5, 5.41) is 11.4. The van der Waals surface area contributed by atoms with E-state index in [0.717, 1.165) is 0 Å². The maximum absolute atomic E-state index is 11.4. The van der Waals surface area contributed by atoms with Crippen LogP contribution in [0.25, 0.3) is 0 Å². The Bertz CT molecular complexity index is 275. The van der Waals surface area contributed by atoms with Gasteiger partial charge in [0, 0.05) is 0 Å². The first kappa shape index (κ1) is 13.0. The Morgan fingerprint density at radius 1 is 1.50 bits per heavy atom. The average Bonchev–Trinajstić information content (AvgIpc) is 3.01. The zero-order valence-corrected chi connectivity index (χ0v) is 9.78. The first-order chi connectivity index (χ1) is 7.48. The molecule has 1 rings (SSSR count). The van der Waals surface area contributed by atoms with E-state index in [4.69, 9.17) is 9.84 Å². The van der Waals surface area contributed by atoms with E-state index in [2.05, 4.69) is 5.32 Å². The van der Waals surface area contributed by atoms with Crippen molar-refractivity contribution < 1.29 is 19.4 Å². The van der Waals surface area contributed by atoms with E-state index in [9.17, 15) is 9.59 Å². The average molecular weight is 229 g/mol. The van der Waals surface area contributed by atoms with Crippen LogP contribution in [0.15, 0.2) is 0 Å². The Labute approximate surface area is 95.2 Å². The van der Waals surface area contributed by atoms with Crippen LogP contribution in [0.4, 0.5) is 0 Å². The summed E-state index contributed by atoms with van der Waals surface area (Å²) in [6.45, 7) is 3.76. The van der Waals surface area contributed by atoms with Crippen molar-refractivity contribution in [2.45, 2.75) is 38.6 Å². The second-order valence-electron chi connectivity index (χ2n) is 4.50. The zero-order valence-electron chi connectivity index (χ0n) is 9.78. The summed E-state index contributed by atoms with van der Waals surface area (Å²) >= 11 is 0. The van der Waals surface area contributed by atoms with E-state index in [1.54, 1.807) is 6.92 Å². The van der Waals surface area contributed by atoms with Crippen LogP contribution < -0.4 is 5.32 Å². The molecule has 0 spiro atoms. The minimum atomic E-state index is -1.19. The molecule has 1 amide bonds. The summed E-state index contributed by atoms with van der Waals surface area (Å²) in [4.78, 5) is 22.3. The van der Waals surface area contributed by atoms with Crippen molar-refractivity contribution in [1.82, 2.24) is 5.32 Å². The second kappa shape index (κ2) is 5.30. The molecule has 0 aromatic rings.